The average molecular weight is 366 g/mol. The zero-order valence-electron chi connectivity index (χ0n) is 11.5. The average Bonchev–Trinajstić information content (AvgIpc) is 2.48. The Bertz CT molecular complexity index is 619. The van der Waals surface area contributed by atoms with Gasteiger partial charge in [0.25, 0.3) is 0 Å². The van der Waals surface area contributed by atoms with E-state index in [1.807, 2.05) is 36.4 Å². The van der Waals surface area contributed by atoms with Crippen molar-refractivity contribution in [3.8, 4) is 5.75 Å². The number of rotatable bonds is 5. The molecule has 2 rings (SSSR count). The fourth-order valence-electron chi connectivity index (χ4n) is 1.92. The highest BCUT2D eigenvalue weighted by molar-refractivity contribution is 9.10. The summed E-state index contributed by atoms with van der Waals surface area (Å²) in [5.74, 6) is 0.463. The van der Waals surface area contributed by atoms with E-state index in [4.69, 9.17) is 4.74 Å². The number of hydrogen-bond donors (Lipinski definition) is 2. The molecule has 5 heteroatoms. The van der Waals surface area contributed by atoms with Gasteiger partial charge in [-0.15, -0.1) is 0 Å². The quantitative estimate of drug-likeness (QED) is 0.787. The van der Waals surface area contributed by atoms with Crippen LogP contribution in [0.1, 0.15) is 5.56 Å². The van der Waals surface area contributed by atoms with E-state index in [1.54, 1.807) is 19.2 Å². The molecule has 0 aromatic heterocycles. The van der Waals surface area contributed by atoms with E-state index in [0.29, 0.717) is 17.9 Å². The normalized spacial score (nSPS) is 11.8. The van der Waals surface area contributed by atoms with Crippen LogP contribution in [-0.4, -0.2) is 18.3 Å². The maximum Gasteiger partial charge on any atom is 0.237 e. The van der Waals surface area contributed by atoms with Crippen LogP contribution in [0.4, 0.5) is 5.69 Å². The van der Waals surface area contributed by atoms with E-state index < -0.39 is 5.25 Å². The molecule has 1 N–H and O–H groups in total. The zero-order valence-corrected chi connectivity index (χ0v) is 14.0. The third-order valence-electron chi connectivity index (χ3n) is 2.99. The molecule has 0 spiro atoms. The molecule has 0 fully saturated rings. The van der Waals surface area contributed by atoms with Gasteiger partial charge in [-0.3, -0.25) is 4.79 Å². The number of carbonyl (C=O) groups excluding carboxylic acids is 1. The summed E-state index contributed by atoms with van der Waals surface area (Å²) in [6, 6.07) is 15.3. The second kappa shape index (κ2) is 7.52. The van der Waals surface area contributed by atoms with Gasteiger partial charge in [0.1, 0.15) is 5.75 Å². The maximum absolute atomic E-state index is 12.2. The van der Waals surface area contributed by atoms with Gasteiger partial charge >= 0.3 is 0 Å². The van der Waals surface area contributed by atoms with Gasteiger partial charge in [-0.05, 0) is 30.2 Å². The Morgan fingerprint density at radius 1 is 1.29 bits per heavy atom. The fourth-order valence-corrected chi connectivity index (χ4v) is 2.56. The van der Waals surface area contributed by atoms with Gasteiger partial charge in [-0.1, -0.05) is 46.3 Å². The number of nitrogens with one attached hydrogen (secondary N) is 1. The third-order valence-corrected chi connectivity index (χ3v) is 3.90. The van der Waals surface area contributed by atoms with E-state index in [1.165, 1.54) is 0 Å². The molecule has 2 aromatic carbocycles. The molecule has 21 heavy (non-hydrogen) atoms. The van der Waals surface area contributed by atoms with Crippen molar-refractivity contribution in [2.24, 2.45) is 0 Å². The molecule has 2 aromatic rings. The Kier molecular flexibility index (Phi) is 5.70. The van der Waals surface area contributed by atoms with Crippen molar-refractivity contribution >= 4 is 40.2 Å². The number of methoxy groups -OCH3 is 1. The largest absolute Gasteiger partial charge is 0.495 e. The Labute approximate surface area is 138 Å². The lowest BCUT2D eigenvalue weighted by molar-refractivity contribution is -0.115. The summed E-state index contributed by atoms with van der Waals surface area (Å²) in [4.78, 5) is 12.2. The molecule has 0 saturated carbocycles. The van der Waals surface area contributed by atoms with E-state index in [-0.39, 0.29) is 5.91 Å². The lowest BCUT2D eigenvalue weighted by atomic mass is 10.1. The van der Waals surface area contributed by atoms with Gasteiger partial charge in [0, 0.05) is 4.47 Å². The molecule has 1 unspecified atom stereocenters. The van der Waals surface area contributed by atoms with E-state index in [9.17, 15) is 4.79 Å². The van der Waals surface area contributed by atoms with Crippen LogP contribution in [0.25, 0.3) is 0 Å². The van der Waals surface area contributed by atoms with Crippen molar-refractivity contribution in [2.45, 2.75) is 11.7 Å². The molecule has 0 heterocycles. The molecule has 1 atom stereocenters. The molecule has 3 nitrogen and oxygen atoms in total. The van der Waals surface area contributed by atoms with Crippen LogP contribution in [0.3, 0.4) is 0 Å². The number of halogens is 1. The first-order valence-electron chi connectivity index (χ1n) is 6.46. The molecule has 110 valence electrons. The van der Waals surface area contributed by atoms with E-state index in [2.05, 4.69) is 33.9 Å². The van der Waals surface area contributed by atoms with Gasteiger partial charge in [-0.2, -0.15) is 12.6 Å². The smallest absolute Gasteiger partial charge is 0.237 e. The number of thiol groups is 1. The van der Waals surface area contributed by atoms with Crippen LogP contribution >= 0.6 is 28.6 Å². The number of anilines is 1. The van der Waals surface area contributed by atoms with Crippen molar-refractivity contribution in [3.63, 3.8) is 0 Å². The molecule has 0 radical (unpaired) electrons. The second-order valence-electron chi connectivity index (χ2n) is 4.54. The predicted molar refractivity (Wildman–Crippen MR) is 92.2 cm³/mol. The topological polar surface area (TPSA) is 38.3 Å². The lowest BCUT2D eigenvalue weighted by Gasteiger charge is -2.14. The van der Waals surface area contributed by atoms with Crippen LogP contribution < -0.4 is 10.1 Å². The minimum atomic E-state index is -0.420. The standard InChI is InChI=1S/C16H16BrNO2S/c1-20-14-8-7-12(17)10-13(14)18-16(19)15(21)9-11-5-3-2-4-6-11/h2-8,10,15,21H,9H2,1H3,(H,18,19). The lowest BCUT2D eigenvalue weighted by Crippen LogP contribution is -2.25. The minimum Gasteiger partial charge on any atom is -0.495 e. The fraction of sp³-hybridized carbons (Fsp3) is 0.188. The van der Waals surface area contributed by atoms with Gasteiger partial charge in [-0.25, -0.2) is 0 Å². The number of benzene rings is 2. The summed E-state index contributed by atoms with van der Waals surface area (Å²) in [5.41, 5.74) is 1.71. The van der Waals surface area contributed by atoms with Gasteiger partial charge < -0.3 is 10.1 Å². The Balaban J connectivity index is 2.05. The van der Waals surface area contributed by atoms with Gasteiger partial charge in [0.2, 0.25) is 5.91 Å². The molecule has 0 aliphatic rings. The first-order chi connectivity index (χ1) is 10.1. The Morgan fingerprint density at radius 3 is 2.67 bits per heavy atom. The van der Waals surface area contributed by atoms with Crippen molar-refractivity contribution in [1.82, 2.24) is 0 Å². The second-order valence-corrected chi connectivity index (χ2v) is 6.08. The highest BCUT2D eigenvalue weighted by Gasteiger charge is 2.16. The highest BCUT2D eigenvalue weighted by Crippen LogP contribution is 2.28. The number of carbonyl (C=O) groups is 1. The summed E-state index contributed by atoms with van der Waals surface area (Å²) in [7, 11) is 1.57. The molecule has 0 saturated heterocycles. The summed E-state index contributed by atoms with van der Waals surface area (Å²) in [6.07, 6.45) is 0.575. The van der Waals surface area contributed by atoms with Crippen LogP contribution in [0.2, 0.25) is 0 Å². The molecular formula is C16H16BrNO2S. The predicted octanol–water partition coefficient (Wildman–Crippen LogP) is 3.94. The maximum atomic E-state index is 12.2. The van der Waals surface area contributed by atoms with E-state index >= 15 is 0 Å². The zero-order chi connectivity index (χ0) is 15.2. The van der Waals surface area contributed by atoms with Crippen molar-refractivity contribution in [1.29, 1.82) is 0 Å². The first kappa shape index (κ1) is 15.9. The minimum absolute atomic E-state index is 0.154. The Morgan fingerprint density at radius 2 is 2.00 bits per heavy atom. The molecule has 1 amide bonds. The van der Waals surface area contributed by atoms with E-state index in [0.717, 1.165) is 10.0 Å². The number of hydrogen-bond acceptors (Lipinski definition) is 3. The summed E-state index contributed by atoms with van der Waals surface area (Å²) in [6.45, 7) is 0. The first-order valence-corrected chi connectivity index (χ1v) is 7.77. The molecule has 0 bridgehead atoms. The van der Waals surface area contributed by atoms with Crippen LogP contribution in [-0.2, 0) is 11.2 Å². The molecule has 0 aliphatic carbocycles. The van der Waals surface area contributed by atoms with Gasteiger partial charge in [0.15, 0.2) is 0 Å². The third kappa shape index (κ3) is 4.51. The number of ether oxygens (including phenoxy) is 1. The van der Waals surface area contributed by atoms with Crippen molar-refractivity contribution < 1.29 is 9.53 Å². The molecule has 0 aliphatic heterocycles. The summed E-state index contributed by atoms with van der Waals surface area (Å²) < 4.78 is 6.11. The Hall–Kier alpha value is -1.46. The SMILES string of the molecule is COc1ccc(Br)cc1NC(=O)C(S)Cc1ccccc1. The highest BCUT2D eigenvalue weighted by atomic mass is 79.9. The van der Waals surface area contributed by atoms with Crippen LogP contribution in [0.5, 0.6) is 5.75 Å². The number of amides is 1. The molecular weight excluding hydrogens is 350 g/mol. The van der Waals surface area contributed by atoms with Crippen molar-refractivity contribution in [2.75, 3.05) is 12.4 Å². The van der Waals surface area contributed by atoms with Gasteiger partial charge in [0.05, 0.1) is 18.0 Å². The summed E-state index contributed by atoms with van der Waals surface area (Å²) >= 11 is 7.77. The monoisotopic (exact) mass is 365 g/mol. The van der Waals surface area contributed by atoms with Crippen molar-refractivity contribution in [3.05, 3.63) is 58.6 Å². The summed E-state index contributed by atoms with van der Waals surface area (Å²) in [5, 5.41) is 2.43. The van der Waals surface area contributed by atoms with Crippen LogP contribution in [0, 0.1) is 0 Å². The van der Waals surface area contributed by atoms with Crippen LogP contribution in [0.15, 0.2) is 53.0 Å².